The monoisotopic (exact) mass is 304 g/mol. The van der Waals surface area contributed by atoms with Gasteiger partial charge in [0.15, 0.2) is 23.0 Å². The van der Waals surface area contributed by atoms with Crippen LogP contribution in [0.15, 0.2) is 17.4 Å². The zero-order chi connectivity index (χ0) is 16.4. The van der Waals surface area contributed by atoms with E-state index in [9.17, 15) is 19.8 Å². The number of fused-ring (bicyclic) bond motifs is 1. The fraction of sp³-hybridized carbons (Fsp3) is 0.375. The van der Waals surface area contributed by atoms with E-state index < -0.39 is 28.5 Å². The molecule has 1 aliphatic heterocycles. The second-order valence-corrected chi connectivity index (χ2v) is 6.04. The smallest absolute Gasteiger partial charge is 0.232 e. The summed E-state index contributed by atoms with van der Waals surface area (Å²) in [6, 6.07) is 1.15. The lowest BCUT2D eigenvalue weighted by atomic mass is 9.74. The van der Waals surface area contributed by atoms with Crippen LogP contribution in [0.4, 0.5) is 0 Å². The molecule has 0 fully saturated rings. The van der Waals surface area contributed by atoms with Crippen LogP contribution in [0.2, 0.25) is 0 Å². The summed E-state index contributed by atoms with van der Waals surface area (Å²) >= 11 is 0. The van der Waals surface area contributed by atoms with Crippen molar-refractivity contribution in [1.29, 1.82) is 0 Å². The highest BCUT2D eigenvalue weighted by molar-refractivity contribution is 6.28. The number of aromatic hydroxyl groups is 2. The third-order valence-corrected chi connectivity index (χ3v) is 4.53. The van der Waals surface area contributed by atoms with Gasteiger partial charge in [0, 0.05) is 11.0 Å². The number of rotatable bonds is 1. The molecular weight excluding hydrogens is 288 g/mol. The van der Waals surface area contributed by atoms with E-state index in [0.717, 1.165) is 6.07 Å². The number of benzene rings is 1. The highest BCUT2D eigenvalue weighted by Gasteiger charge is 2.51. The summed E-state index contributed by atoms with van der Waals surface area (Å²) in [6.45, 7) is 5.42. The second kappa shape index (κ2) is 4.25. The van der Waals surface area contributed by atoms with Crippen LogP contribution in [0.3, 0.4) is 0 Å². The molecule has 6 nitrogen and oxygen atoms in total. The summed E-state index contributed by atoms with van der Waals surface area (Å²) in [5.74, 6) is -2.21. The van der Waals surface area contributed by atoms with Gasteiger partial charge >= 0.3 is 0 Å². The average molecular weight is 304 g/mol. The van der Waals surface area contributed by atoms with Gasteiger partial charge in [0.1, 0.15) is 6.10 Å². The van der Waals surface area contributed by atoms with E-state index in [-0.39, 0.29) is 34.3 Å². The maximum absolute atomic E-state index is 12.8. The van der Waals surface area contributed by atoms with Crippen LogP contribution in [0, 0.1) is 5.41 Å². The lowest BCUT2D eigenvalue weighted by molar-refractivity contribution is 0.0720. The van der Waals surface area contributed by atoms with E-state index in [1.54, 1.807) is 6.92 Å². The van der Waals surface area contributed by atoms with Crippen molar-refractivity contribution in [2.24, 2.45) is 5.41 Å². The summed E-state index contributed by atoms with van der Waals surface area (Å²) < 4.78 is 10.5. The lowest BCUT2D eigenvalue weighted by Gasteiger charge is -2.25. The molecule has 2 N–H and O–H groups in total. The Bertz CT molecular complexity index is 756. The molecule has 0 saturated carbocycles. The molecule has 116 valence electrons. The topological polar surface area (TPSA) is 93.1 Å². The van der Waals surface area contributed by atoms with Gasteiger partial charge in [0.2, 0.25) is 11.5 Å². The zero-order valence-electron chi connectivity index (χ0n) is 12.7. The van der Waals surface area contributed by atoms with Crippen LogP contribution in [0.5, 0.6) is 17.2 Å². The predicted octanol–water partition coefficient (Wildman–Crippen LogP) is 2.18. The number of phenols is 2. The van der Waals surface area contributed by atoms with Crippen LogP contribution in [-0.4, -0.2) is 35.0 Å². The minimum Gasteiger partial charge on any atom is -0.504 e. The first-order valence-corrected chi connectivity index (χ1v) is 6.85. The molecule has 1 aliphatic carbocycles. The molecule has 1 aromatic carbocycles. The van der Waals surface area contributed by atoms with E-state index in [4.69, 9.17) is 9.47 Å². The molecule has 1 heterocycles. The van der Waals surface area contributed by atoms with Gasteiger partial charge in [-0.3, -0.25) is 9.59 Å². The molecule has 1 aromatic rings. The van der Waals surface area contributed by atoms with E-state index in [1.807, 2.05) is 13.8 Å². The Kier molecular flexibility index (Phi) is 2.79. The number of hydrogen-bond donors (Lipinski definition) is 2. The van der Waals surface area contributed by atoms with Crippen LogP contribution in [0.25, 0.3) is 0 Å². The third-order valence-electron chi connectivity index (χ3n) is 4.53. The van der Waals surface area contributed by atoms with E-state index >= 15 is 0 Å². The lowest BCUT2D eigenvalue weighted by Crippen LogP contribution is -2.29. The SMILES string of the molecule is COc1c(O)cc2c(c1O)C(=O)C1=C(C2=O)C(C)(C)[C@@H](C)O1. The number of phenolic OH excluding ortho intramolecular Hbond substituents is 2. The Morgan fingerprint density at radius 1 is 1.23 bits per heavy atom. The third kappa shape index (κ3) is 1.55. The molecule has 22 heavy (non-hydrogen) atoms. The molecule has 0 spiro atoms. The fourth-order valence-electron chi connectivity index (χ4n) is 2.94. The molecule has 2 aliphatic rings. The summed E-state index contributed by atoms with van der Waals surface area (Å²) in [6.07, 6.45) is -0.350. The van der Waals surface area contributed by atoms with E-state index in [0.29, 0.717) is 0 Å². The summed E-state index contributed by atoms with van der Waals surface area (Å²) in [5, 5.41) is 20.1. The number of Topliss-reactive ketones (excluding diaryl/α,β-unsaturated/α-hetero) is 2. The van der Waals surface area contributed by atoms with Crippen LogP contribution >= 0.6 is 0 Å². The van der Waals surface area contributed by atoms with Crippen molar-refractivity contribution in [3.63, 3.8) is 0 Å². The molecule has 1 atom stereocenters. The molecule has 0 radical (unpaired) electrons. The van der Waals surface area contributed by atoms with Crippen molar-refractivity contribution in [3.8, 4) is 17.2 Å². The van der Waals surface area contributed by atoms with Crippen molar-refractivity contribution in [3.05, 3.63) is 28.5 Å². The second-order valence-electron chi connectivity index (χ2n) is 6.04. The molecule has 0 amide bonds. The van der Waals surface area contributed by atoms with Crippen molar-refractivity contribution in [2.75, 3.05) is 7.11 Å². The Labute approximate surface area is 127 Å². The largest absolute Gasteiger partial charge is 0.504 e. The number of carbonyl (C=O) groups excluding carboxylic acids is 2. The maximum atomic E-state index is 12.8. The van der Waals surface area contributed by atoms with Crippen LogP contribution in [-0.2, 0) is 4.74 Å². The van der Waals surface area contributed by atoms with Gasteiger partial charge in [-0.1, -0.05) is 13.8 Å². The fourth-order valence-corrected chi connectivity index (χ4v) is 2.94. The quantitative estimate of drug-likeness (QED) is 0.826. The number of ketones is 2. The average Bonchev–Trinajstić information content (AvgIpc) is 2.67. The van der Waals surface area contributed by atoms with Crippen molar-refractivity contribution in [2.45, 2.75) is 26.9 Å². The van der Waals surface area contributed by atoms with Gasteiger partial charge in [0.25, 0.3) is 0 Å². The first-order chi connectivity index (χ1) is 10.2. The minimum absolute atomic E-state index is 0.0296. The summed E-state index contributed by atoms with van der Waals surface area (Å²) in [5.41, 5.74) is -0.583. The van der Waals surface area contributed by atoms with Gasteiger partial charge < -0.3 is 19.7 Å². The number of hydrogen-bond acceptors (Lipinski definition) is 6. The first-order valence-electron chi connectivity index (χ1n) is 6.85. The standard InChI is InChI=1S/C16H16O6/c1-6-16(2,3)10-11(18)7-5-8(17)14(21-4)12(19)9(7)13(20)15(10)22-6/h5-6,17,19H,1-4H3/t6-/m1/s1. The molecule has 3 rings (SSSR count). The maximum Gasteiger partial charge on any atom is 0.232 e. The zero-order valence-corrected chi connectivity index (χ0v) is 12.7. The molecule has 6 heteroatoms. The highest BCUT2D eigenvalue weighted by atomic mass is 16.5. The Morgan fingerprint density at radius 3 is 2.45 bits per heavy atom. The molecule has 0 saturated heterocycles. The molecule has 0 bridgehead atoms. The highest BCUT2D eigenvalue weighted by Crippen LogP contribution is 2.51. The van der Waals surface area contributed by atoms with Crippen LogP contribution in [0.1, 0.15) is 41.5 Å². The molecular formula is C16H16O6. The predicted molar refractivity (Wildman–Crippen MR) is 76.3 cm³/mol. The summed E-state index contributed by atoms with van der Waals surface area (Å²) in [4.78, 5) is 25.4. The Morgan fingerprint density at radius 2 is 1.86 bits per heavy atom. The normalized spacial score (nSPS) is 22.3. The number of allylic oxidation sites excluding steroid dienone is 1. The van der Waals surface area contributed by atoms with Crippen molar-refractivity contribution in [1.82, 2.24) is 0 Å². The molecule has 0 unspecified atom stereocenters. The van der Waals surface area contributed by atoms with Gasteiger partial charge in [-0.15, -0.1) is 0 Å². The Balaban J connectivity index is 2.30. The number of methoxy groups -OCH3 is 1. The van der Waals surface area contributed by atoms with Gasteiger partial charge in [-0.05, 0) is 13.0 Å². The van der Waals surface area contributed by atoms with Gasteiger partial charge in [-0.25, -0.2) is 0 Å². The van der Waals surface area contributed by atoms with Gasteiger partial charge in [0.05, 0.1) is 18.2 Å². The van der Waals surface area contributed by atoms with Crippen molar-refractivity contribution < 1.29 is 29.3 Å². The number of carbonyl (C=O) groups is 2. The summed E-state index contributed by atoms with van der Waals surface area (Å²) in [7, 11) is 1.25. The first kappa shape index (κ1) is 14.4. The molecule has 0 aromatic heterocycles. The Hall–Kier alpha value is -2.50. The van der Waals surface area contributed by atoms with Gasteiger partial charge in [-0.2, -0.15) is 0 Å². The number of ether oxygens (including phenoxy) is 2. The van der Waals surface area contributed by atoms with E-state index in [1.165, 1.54) is 7.11 Å². The van der Waals surface area contributed by atoms with Crippen LogP contribution < -0.4 is 4.74 Å². The van der Waals surface area contributed by atoms with E-state index in [2.05, 4.69) is 0 Å². The van der Waals surface area contributed by atoms with Crippen molar-refractivity contribution >= 4 is 11.6 Å². The minimum atomic E-state index is -0.634.